The number of esters is 1. The van der Waals surface area contributed by atoms with E-state index in [1.54, 1.807) is 26.2 Å². The van der Waals surface area contributed by atoms with Gasteiger partial charge in [0.2, 0.25) is 10.0 Å². The first-order chi connectivity index (χ1) is 22.0. The molecule has 3 N–H and O–H groups in total. The molecule has 1 aromatic carbocycles. The Labute approximate surface area is 278 Å². The summed E-state index contributed by atoms with van der Waals surface area (Å²) >= 11 is 0. The van der Waals surface area contributed by atoms with Crippen molar-refractivity contribution in [3.63, 3.8) is 0 Å². The zero-order valence-corrected chi connectivity index (χ0v) is 29.2. The average Bonchev–Trinajstić information content (AvgIpc) is 3.79. The Morgan fingerprint density at radius 2 is 1.91 bits per heavy atom. The van der Waals surface area contributed by atoms with Gasteiger partial charge in [-0.05, 0) is 69.2 Å². The van der Waals surface area contributed by atoms with Gasteiger partial charge in [0.1, 0.15) is 12.2 Å². The lowest BCUT2D eigenvalue weighted by Crippen LogP contribution is -2.54. The van der Waals surface area contributed by atoms with Crippen LogP contribution in [0.1, 0.15) is 73.6 Å². The van der Waals surface area contributed by atoms with Gasteiger partial charge in [0, 0.05) is 18.9 Å². The summed E-state index contributed by atoms with van der Waals surface area (Å²) in [5.74, 6) is -2.99. The molecule has 2 aliphatic heterocycles. The maximum atomic E-state index is 14.0. The number of aliphatic hydroxyl groups excluding tert-OH is 1. The zero-order chi connectivity index (χ0) is 35.1. The van der Waals surface area contributed by atoms with Crippen LogP contribution in [0.3, 0.4) is 0 Å². The van der Waals surface area contributed by atoms with Gasteiger partial charge in [0.15, 0.2) is 11.6 Å². The van der Waals surface area contributed by atoms with Crippen LogP contribution in [0.15, 0.2) is 59.0 Å². The molecule has 0 saturated carbocycles. The van der Waals surface area contributed by atoms with Crippen LogP contribution in [-0.2, 0) is 29.0 Å². The van der Waals surface area contributed by atoms with Crippen molar-refractivity contribution < 1.29 is 46.4 Å². The van der Waals surface area contributed by atoms with E-state index in [1.165, 1.54) is 13.0 Å². The highest BCUT2D eigenvalue weighted by Crippen LogP contribution is 2.39. The number of nitrogens with one attached hydrogen (secondary N) is 1. The number of benzene rings is 1. The van der Waals surface area contributed by atoms with E-state index < -0.39 is 68.6 Å². The summed E-state index contributed by atoms with van der Waals surface area (Å²) in [6.45, 7) is 11.1. The monoisotopic (exact) mass is 683 g/mol. The number of halogens is 2. The lowest BCUT2D eigenvalue weighted by atomic mass is 9.88. The smallest absolute Gasteiger partial charge is 0.309 e. The molecule has 0 amide bonds. The summed E-state index contributed by atoms with van der Waals surface area (Å²) in [7, 11) is -2.85. The van der Waals surface area contributed by atoms with Crippen LogP contribution in [0.4, 0.5) is 8.78 Å². The number of rotatable bonds is 12. The minimum atomic E-state index is -4.43. The van der Waals surface area contributed by atoms with Crippen LogP contribution in [0, 0.1) is 29.4 Å². The lowest BCUT2D eigenvalue weighted by Gasteiger charge is -2.31. The van der Waals surface area contributed by atoms with Crippen LogP contribution in [0.5, 0.6) is 0 Å². The first kappa shape index (κ1) is 39.0. The number of sulfonamides is 1. The summed E-state index contributed by atoms with van der Waals surface area (Å²) < 4.78 is 74.0. The highest BCUT2D eigenvalue weighted by atomic mass is 32.2. The Balaban J connectivity index is 1.90. The molecule has 0 aliphatic carbocycles. The van der Waals surface area contributed by atoms with E-state index in [0.29, 0.717) is 30.4 Å². The fourth-order valence-corrected chi connectivity index (χ4v) is 7.45. The molecule has 9 nitrogen and oxygen atoms in total. The van der Waals surface area contributed by atoms with E-state index in [9.17, 15) is 32.2 Å². The normalized spacial score (nSPS) is 29.7. The highest BCUT2D eigenvalue weighted by Gasteiger charge is 2.55. The quantitative estimate of drug-likeness (QED) is 0.116. The van der Waals surface area contributed by atoms with Crippen molar-refractivity contribution in [3.8, 4) is 0 Å². The van der Waals surface area contributed by atoms with E-state index in [4.69, 9.17) is 14.2 Å². The van der Waals surface area contributed by atoms with Gasteiger partial charge in [-0.1, -0.05) is 58.1 Å². The summed E-state index contributed by atoms with van der Waals surface area (Å²) in [6.07, 6.45) is 8.60. The average molecular weight is 684 g/mol. The first-order valence-corrected chi connectivity index (χ1v) is 17.8. The Morgan fingerprint density at radius 3 is 2.55 bits per heavy atom. The predicted octanol–water partition coefficient (Wildman–Crippen LogP) is 5.37. The second kappa shape index (κ2) is 16.8. The Kier molecular flexibility index (Phi) is 13.9. The molecule has 47 heavy (non-hydrogen) atoms. The molecule has 264 valence electrons. The summed E-state index contributed by atoms with van der Waals surface area (Å²) in [6, 6.07) is 1.02. The van der Waals surface area contributed by atoms with Crippen molar-refractivity contribution in [3.05, 3.63) is 65.8 Å². The third-order valence-corrected chi connectivity index (χ3v) is 10.6. The minimum Gasteiger partial charge on any atom is -0.457 e. The van der Waals surface area contributed by atoms with Gasteiger partial charge in [-0.3, -0.25) is 4.79 Å². The second-order valence-electron chi connectivity index (χ2n) is 13.3. The molecule has 12 heteroatoms. The molecule has 0 bridgehead atoms. The number of epoxide rings is 1. The van der Waals surface area contributed by atoms with Gasteiger partial charge >= 0.3 is 5.97 Å². The van der Waals surface area contributed by atoms with E-state index in [2.05, 4.69) is 17.7 Å². The Hall–Kier alpha value is -2.48. The number of carbonyl (C=O) groups is 1. The number of cyclic esters (lactones) is 1. The van der Waals surface area contributed by atoms with Crippen LogP contribution in [-0.4, -0.2) is 73.9 Å². The van der Waals surface area contributed by atoms with Gasteiger partial charge in [-0.2, -0.15) is 0 Å². The number of aliphatic hydroxyl groups is 2. The van der Waals surface area contributed by atoms with Gasteiger partial charge in [0.05, 0.1) is 41.3 Å². The SMILES string of the molecule is CCC(OC)C(C)C1OC1C(NS(=O)(=O)c1ccc(F)c(F)c1)C(C)(O)C=CC=C(C)C1OC(=O)CC(O)CCC(C)CC=CC1C. The topological polar surface area (TPSA) is 135 Å². The molecule has 2 aliphatic rings. The molecule has 1 fully saturated rings. The van der Waals surface area contributed by atoms with Crippen molar-refractivity contribution >= 4 is 16.0 Å². The summed E-state index contributed by atoms with van der Waals surface area (Å²) in [5, 5.41) is 22.0. The van der Waals surface area contributed by atoms with Gasteiger partial charge in [0.25, 0.3) is 0 Å². The highest BCUT2D eigenvalue weighted by molar-refractivity contribution is 7.89. The van der Waals surface area contributed by atoms with Gasteiger partial charge < -0.3 is 24.4 Å². The molecule has 0 aromatic heterocycles. The molecule has 3 rings (SSSR count). The maximum Gasteiger partial charge on any atom is 0.309 e. The van der Waals surface area contributed by atoms with Gasteiger partial charge in [-0.15, -0.1) is 0 Å². The number of methoxy groups -OCH3 is 1. The maximum absolute atomic E-state index is 14.0. The van der Waals surface area contributed by atoms with Crippen molar-refractivity contribution in [2.75, 3.05) is 7.11 Å². The van der Waals surface area contributed by atoms with Crippen molar-refractivity contribution in [2.45, 2.75) is 121 Å². The van der Waals surface area contributed by atoms with Crippen molar-refractivity contribution in [1.82, 2.24) is 4.72 Å². The molecule has 0 radical (unpaired) electrons. The Bertz CT molecular complexity index is 1410. The van der Waals surface area contributed by atoms with Crippen molar-refractivity contribution in [1.29, 1.82) is 0 Å². The largest absolute Gasteiger partial charge is 0.457 e. The molecule has 1 aromatic rings. The summed E-state index contributed by atoms with van der Waals surface area (Å²) in [4.78, 5) is 12.2. The third kappa shape index (κ3) is 10.8. The van der Waals surface area contributed by atoms with Crippen molar-refractivity contribution in [2.24, 2.45) is 17.8 Å². The molecule has 2 heterocycles. The van der Waals surface area contributed by atoms with Crippen LogP contribution < -0.4 is 4.72 Å². The van der Waals surface area contributed by atoms with Crippen LogP contribution in [0.25, 0.3) is 0 Å². The Morgan fingerprint density at radius 1 is 1.21 bits per heavy atom. The first-order valence-electron chi connectivity index (χ1n) is 16.3. The fourth-order valence-electron chi connectivity index (χ4n) is 6.10. The van der Waals surface area contributed by atoms with E-state index in [-0.39, 0.29) is 24.4 Å². The number of allylic oxidation sites excluding steroid dienone is 3. The lowest BCUT2D eigenvalue weighted by molar-refractivity contribution is -0.151. The van der Waals surface area contributed by atoms with E-state index >= 15 is 0 Å². The minimum absolute atomic E-state index is 0.111. The molecule has 10 atom stereocenters. The molecule has 0 spiro atoms. The second-order valence-corrected chi connectivity index (χ2v) is 15.0. The summed E-state index contributed by atoms with van der Waals surface area (Å²) in [5.41, 5.74) is -1.16. The molecular formula is C35H51F2NO8S. The van der Waals surface area contributed by atoms with Crippen LogP contribution in [0.2, 0.25) is 0 Å². The zero-order valence-electron chi connectivity index (χ0n) is 28.4. The van der Waals surface area contributed by atoms with Crippen LogP contribution >= 0.6 is 0 Å². The third-order valence-electron chi connectivity index (χ3n) is 9.16. The number of hydrogen-bond acceptors (Lipinski definition) is 8. The number of ether oxygens (including phenoxy) is 3. The number of hydrogen-bond donors (Lipinski definition) is 3. The molecule has 10 unspecified atom stereocenters. The predicted molar refractivity (Wildman–Crippen MR) is 175 cm³/mol. The molecular weight excluding hydrogens is 632 g/mol. The number of carbonyl (C=O) groups excluding carboxylic acids is 1. The van der Waals surface area contributed by atoms with Gasteiger partial charge in [-0.25, -0.2) is 21.9 Å². The van der Waals surface area contributed by atoms with E-state index in [0.717, 1.165) is 25.0 Å². The van der Waals surface area contributed by atoms with E-state index in [1.807, 2.05) is 26.8 Å². The molecule has 1 saturated heterocycles. The standard InChI is InChI=1S/C35H51F2NO8S/c1-8-29(44-7)24(5)32-33(46-32)34(38-47(42,43)26-16-17-27(36)28(37)20-26)35(6,41)18-10-13-23(4)31-22(3)12-9-11-21(2)14-15-25(39)19-30(40)45-31/h9-10,12-13,16-18,20-22,24-25,29,31-34,38-39,41H,8,11,14-15,19H2,1-7H3. The fraction of sp³-hybridized carbons (Fsp3) is 0.629.